The number of para-hydroxylation sites is 2. The molecular weight excluding hydrogens is 593 g/mol. The average Bonchev–Trinajstić information content (AvgIpc) is 3.44. The SMILES string of the molecule is CC12C=CC=CC1N(c1ccc(-c3ccc(N(c4ccccc4)c4ccc(-c5ccc6ccccc6c5)cc4)cc3)cc1)c1ccccc12. The molecule has 0 aromatic heterocycles. The summed E-state index contributed by atoms with van der Waals surface area (Å²) < 4.78 is 0. The lowest BCUT2D eigenvalue weighted by Crippen LogP contribution is -2.39. The lowest BCUT2D eigenvalue weighted by atomic mass is 9.76. The zero-order valence-electron chi connectivity index (χ0n) is 27.4. The third-order valence-electron chi connectivity index (χ3n) is 10.3. The van der Waals surface area contributed by atoms with E-state index in [4.69, 9.17) is 0 Å². The predicted molar refractivity (Wildman–Crippen MR) is 208 cm³/mol. The first-order chi connectivity index (χ1) is 24.2. The number of benzene rings is 7. The second-order valence-corrected chi connectivity index (χ2v) is 13.2. The van der Waals surface area contributed by atoms with E-state index in [9.17, 15) is 0 Å². The Morgan fingerprint density at radius 1 is 0.490 bits per heavy atom. The number of hydrogen-bond donors (Lipinski definition) is 0. The van der Waals surface area contributed by atoms with Crippen LogP contribution in [0.25, 0.3) is 33.0 Å². The Labute approximate surface area is 288 Å². The fraction of sp³-hybridized carbons (Fsp3) is 0.0638. The van der Waals surface area contributed by atoms with Gasteiger partial charge in [0, 0.05) is 33.9 Å². The molecule has 2 aliphatic rings. The fourth-order valence-corrected chi connectivity index (χ4v) is 7.73. The van der Waals surface area contributed by atoms with Crippen molar-refractivity contribution in [1.29, 1.82) is 0 Å². The molecule has 7 aromatic carbocycles. The van der Waals surface area contributed by atoms with Gasteiger partial charge in [0.15, 0.2) is 0 Å². The number of allylic oxidation sites excluding steroid dienone is 2. The summed E-state index contributed by atoms with van der Waals surface area (Å²) in [5.74, 6) is 0. The lowest BCUT2D eigenvalue weighted by molar-refractivity contribution is 0.551. The maximum absolute atomic E-state index is 2.49. The van der Waals surface area contributed by atoms with Gasteiger partial charge in [0.1, 0.15) is 0 Å². The lowest BCUT2D eigenvalue weighted by Gasteiger charge is -2.34. The Hall–Kier alpha value is -6.12. The summed E-state index contributed by atoms with van der Waals surface area (Å²) in [7, 11) is 0. The Bertz CT molecular complexity index is 2330. The van der Waals surface area contributed by atoms with Gasteiger partial charge in [-0.15, -0.1) is 0 Å². The molecule has 1 heterocycles. The van der Waals surface area contributed by atoms with Crippen molar-refractivity contribution in [3.63, 3.8) is 0 Å². The molecule has 0 fully saturated rings. The van der Waals surface area contributed by atoms with Crippen molar-refractivity contribution >= 4 is 39.2 Å². The van der Waals surface area contributed by atoms with Crippen LogP contribution in [0, 0.1) is 0 Å². The summed E-state index contributed by atoms with van der Waals surface area (Å²) in [4.78, 5) is 4.82. The van der Waals surface area contributed by atoms with Crippen LogP contribution in [0.2, 0.25) is 0 Å². The molecule has 0 bridgehead atoms. The maximum Gasteiger partial charge on any atom is 0.0655 e. The predicted octanol–water partition coefficient (Wildman–Crippen LogP) is 12.5. The Morgan fingerprint density at radius 2 is 1.04 bits per heavy atom. The van der Waals surface area contributed by atoms with Crippen molar-refractivity contribution in [1.82, 2.24) is 0 Å². The molecular formula is C47H36N2. The molecule has 2 heteroatoms. The van der Waals surface area contributed by atoms with Gasteiger partial charge in [-0.25, -0.2) is 0 Å². The van der Waals surface area contributed by atoms with E-state index in [-0.39, 0.29) is 11.5 Å². The van der Waals surface area contributed by atoms with Crippen LogP contribution >= 0.6 is 0 Å². The van der Waals surface area contributed by atoms with Crippen LogP contribution in [-0.2, 0) is 5.41 Å². The molecule has 0 radical (unpaired) electrons. The van der Waals surface area contributed by atoms with Crippen molar-refractivity contribution in [2.24, 2.45) is 0 Å². The summed E-state index contributed by atoms with van der Waals surface area (Å²) >= 11 is 0. The van der Waals surface area contributed by atoms with Gasteiger partial charge >= 0.3 is 0 Å². The summed E-state index contributed by atoms with van der Waals surface area (Å²) in [6, 6.07) is 61.8. The van der Waals surface area contributed by atoms with Crippen molar-refractivity contribution < 1.29 is 0 Å². The smallest absolute Gasteiger partial charge is 0.0655 e. The minimum absolute atomic E-state index is 0.0404. The quantitative estimate of drug-likeness (QED) is 0.181. The van der Waals surface area contributed by atoms with E-state index < -0.39 is 0 Å². The molecule has 234 valence electrons. The largest absolute Gasteiger partial charge is 0.333 e. The first kappa shape index (κ1) is 29.1. The van der Waals surface area contributed by atoms with Gasteiger partial charge in [-0.2, -0.15) is 0 Å². The van der Waals surface area contributed by atoms with Crippen molar-refractivity contribution in [3.05, 3.63) is 200 Å². The molecule has 9 rings (SSSR count). The molecule has 1 aliphatic carbocycles. The van der Waals surface area contributed by atoms with Gasteiger partial charge in [0.2, 0.25) is 0 Å². The van der Waals surface area contributed by atoms with Gasteiger partial charge in [0.05, 0.1) is 6.04 Å². The molecule has 49 heavy (non-hydrogen) atoms. The molecule has 0 saturated carbocycles. The van der Waals surface area contributed by atoms with E-state index in [1.807, 2.05) is 0 Å². The molecule has 0 amide bonds. The van der Waals surface area contributed by atoms with E-state index in [2.05, 4.69) is 211 Å². The van der Waals surface area contributed by atoms with Gasteiger partial charge in [-0.3, -0.25) is 0 Å². The maximum atomic E-state index is 2.49. The van der Waals surface area contributed by atoms with E-state index in [0.29, 0.717) is 0 Å². The Morgan fingerprint density at radius 3 is 1.76 bits per heavy atom. The number of fused-ring (bicyclic) bond motifs is 4. The highest BCUT2D eigenvalue weighted by atomic mass is 15.2. The van der Waals surface area contributed by atoms with Crippen LogP contribution in [0.4, 0.5) is 28.4 Å². The number of anilines is 5. The number of rotatable bonds is 6. The summed E-state index contributed by atoms with van der Waals surface area (Å²) in [6.07, 6.45) is 9.05. The monoisotopic (exact) mass is 628 g/mol. The number of hydrogen-bond acceptors (Lipinski definition) is 2. The van der Waals surface area contributed by atoms with Crippen molar-refractivity contribution in [3.8, 4) is 22.3 Å². The van der Waals surface area contributed by atoms with Gasteiger partial charge < -0.3 is 9.80 Å². The highest BCUT2D eigenvalue weighted by Crippen LogP contribution is 2.51. The minimum atomic E-state index is -0.0404. The molecule has 0 N–H and O–H groups in total. The van der Waals surface area contributed by atoms with Crippen LogP contribution in [0.15, 0.2) is 194 Å². The fourth-order valence-electron chi connectivity index (χ4n) is 7.73. The normalized spacial score (nSPS) is 17.6. The molecule has 0 spiro atoms. The molecule has 2 atom stereocenters. The van der Waals surface area contributed by atoms with Crippen LogP contribution in [0.1, 0.15) is 12.5 Å². The minimum Gasteiger partial charge on any atom is -0.333 e. The molecule has 2 unspecified atom stereocenters. The molecule has 7 aromatic rings. The Balaban J connectivity index is 1.01. The summed E-state index contributed by atoms with van der Waals surface area (Å²) in [5, 5.41) is 2.52. The molecule has 1 aliphatic heterocycles. The average molecular weight is 629 g/mol. The zero-order valence-corrected chi connectivity index (χ0v) is 27.4. The van der Waals surface area contributed by atoms with E-state index in [0.717, 1.165) is 17.1 Å². The van der Waals surface area contributed by atoms with Crippen LogP contribution in [-0.4, -0.2) is 6.04 Å². The van der Waals surface area contributed by atoms with Gasteiger partial charge in [-0.05, 0) is 106 Å². The number of nitrogens with zero attached hydrogens (tertiary/aromatic N) is 2. The second-order valence-electron chi connectivity index (χ2n) is 13.2. The second kappa shape index (κ2) is 11.8. The van der Waals surface area contributed by atoms with Crippen molar-refractivity contribution in [2.75, 3.05) is 9.80 Å². The molecule has 0 saturated heterocycles. The van der Waals surface area contributed by atoms with E-state index in [1.54, 1.807) is 0 Å². The summed E-state index contributed by atoms with van der Waals surface area (Å²) in [6.45, 7) is 2.35. The first-order valence-electron chi connectivity index (χ1n) is 17.1. The topological polar surface area (TPSA) is 6.48 Å². The molecule has 2 nitrogen and oxygen atoms in total. The first-order valence-corrected chi connectivity index (χ1v) is 17.1. The third-order valence-corrected chi connectivity index (χ3v) is 10.3. The summed E-state index contributed by atoms with van der Waals surface area (Å²) in [5.41, 5.74) is 12.0. The zero-order chi connectivity index (χ0) is 32.8. The van der Waals surface area contributed by atoms with Gasteiger partial charge in [0.25, 0.3) is 0 Å². The standard InChI is InChI=1S/C47H36N2/c1-47-32-10-9-17-46(47)49(45-16-8-7-15-44(45)47)43-30-22-36(23-31-43)35-20-26-41(27-21-35)48(40-13-3-2-4-14-40)42-28-24-37(25-29-42)39-19-18-34-11-5-6-12-38(34)33-39/h2-33,46H,1H3. The highest BCUT2D eigenvalue weighted by Gasteiger charge is 2.46. The Kier molecular flexibility index (Phi) is 7.02. The van der Waals surface area contributed by atoms with Crippen LogP contribution in [0.5, 0.6) is 0 Å². The third kappa shape index (κ3) is 5.05. The van der Waals surface area contributed by atoms with Crippen LogP contribution < -0.4 is 9.80 Å². The van der Waals surface area contributed by atoms with E-state index in [1.165, 1.54) is 50.0 Å². The highest BCUT2D eigenvalue weighted by molar-refractivity contribution is 5.88. The van der Waals surface area contributed by atoms with Crippen molar-refractivity contribution in [2.45, 2.75) is 18.4 Å². The van der Waals surface area contributed by atoms with E-state index >= 15 is 0 Å². The van der Waals surface area contributed by atoms with Gasteiger partial charge in [-0.1, -0.05) is 133 Å². The van der Waals surface area contributed by atoms with Crippen LogP contribution in [0.3, 0.4) is 0 Å².